The molecule has 0 heterocycles. The van der Waals surface area contributed by atoms with E-state index in [1.807, 2.05) is 0 Å². The van der Waals surface area contributed by atoms with Gasteiger partial charge in [-0.15, -0.1) is 0 Å². The molecule has 0 radical (unpaired) electrons. The van der Waals surface area contributed by atoms with Gasteiger partial charge in [0.15, 0.2) is 0 Å². The zero-order chi connectivity index (χ0) is 9.56. The lowest BCUT2D eigenvalue weighted by Crippen LogP contribution is -2.08. The molecule has 0 bridgehead atoms. The van der Waals surface area contributed by atoms with Gasteiger partial charge in [-0.05, 0) is 25.8 Å². The molecule has 1 unspecified atom stereocenters. The molecule has 0 saturated heterocycles. The summed E-state index contributed by atoms with van der Waals surface area (Å²) in [5, 5.41) is 9.01. The van der Waals surface area contributed by atoms with E-state index < -0.39 is 6.10 Å². The molecule has 0 amide bonds. The third kappa shape index (κ3) is 4.91. The van der Waals surface area contributed by atoms with Crippen LogP contribution in [0.25, 0.3) is 0 Å². The van der Waals surface area contributed by atoms with Crippen LogP contribution in [0.2, 0.25) is 0 Å². The summed E-state index contributed by atoms with van der Waals surface area (Å²) in [6, 6.07) is 0. The lowest BCUT2D eigenvalue weighted by Gasteiger charge is -2.07. The maximum absolute atomic E-state index is 10.8. The van der Waals surface area contributed by atoms with Gasteiger partial charge >= 0.3 is 5.97 Å². The molecule has 3 heteroatoms. The SMILES string of the molecule is C=C(CCC(=O)OCC)C(C)O. The lowest BCUT2D eigenvalue weighted by atomic mass is 10.1. The van der Waals surface area contributed by atoms with Crippen LogP contribution in [0, 0.1) is 0 Å². The van der Waals surface area contributed by atoms with Crippen LogP contribution >= 0.6 is 0 Å². The van der Waals surface area contributed by atoms with Gasteiger partial charge in [-0.3, -0.25) is 4.79 Å². The topological polar surface area (TPSA) is 46.5 Å². The van der Waals surface area contributed by atoms with E-state index in [9.17, 15) is 4.79 Å². The summed E-state index contributed by atoms with van der Waals surface area (Å²) in [6.07, 6.45) is 0.257. The fraction of sp³-hybridized carbons (Fsp3) is 0.667. The van der Waals surface area contributed by atoms with Crippen molar-refractivity contribution in [1.82, 2.24) is 0 Å². The second-order valence-corrected chi connectivity index (χ2v) is 2.64. The summed E-state index contributed by atoms with van der Waals surface area (Å²) < 4.78 is 4.71. The summed E-state index contributed by atoms with van der Waals surface area (Å²) in [6.45, 7) is 7.43. The molecule has 0 spiro atoms. The molecule has 0 aromatic carbocycles. The predicted octanol–water partition coefficient (Wildman–Crippen LogP) is 1.27. The number of rotatable bonds is 5. The molecule has 0 aliphatic heterocycles. The van der Waals surface area contributed by atoms with Gasteiger partial charge in [0, 0.05) is 6.42 Å². The van der Waals surface area contributed by atoms with Crippen molar-refractivity contribution in [1.29, 1.82) is 0 Å². The van der Waals surface area contributed by atoms with E-state index >= 15 is 0 Å². The third-order valence-electron chi connectivity index (χ3n) is 1.55. The summed E-state index contributed by atoms with van der Waals surface area (Å²) in [7, 11) is 0. The Labute approximate surface area is 73.0 Å². The number of esters is 1. The Balaban J connectivity index is 3.54. The molecule has 0 aromatic rings. The average molecular weight is 172 g/mol. The second-order valence-electron chi connectivity index (χ2n) is 2.64. The molecular formula is C9H16O3. The summed E-state index contributed by atoms with van der Waals surface area (Å²) >= 11 is 0. The maximum Gasteiger partial charge on any atom is 0.306 e. The van der Waals surface area contributed by atoms with Crippen molar-refractivity contribution in [2.45, 2.75) is 32.8 Å². The predicted molar refractivity (Wildman–Crippen MR) is 46.7 cm³/mol. The Kier molecular flexibility index (Phi) is 5.37. The minimum absolute atomic E-state index is 0.237. The van der Waals surface area contributed by atoms with Crippen LogP contribution < -0.4 is 0 Å². The van der Waals surface area contributed by atoms with Gasteiger partial charge in [-0.25, -0.2) is 0 Å². The van der Waals surface area contributed by atoms with Crippen LogP contribution in [0.1, 0.15) is 26.7 Å². The highest BCUT2D eigenvalue weighted by Crippen LogP contribution is 2.07. The molecule has 0 aromatic heterocycles. The summed E-state index contributed by atoms with van der Waals surface area (Å²) in [5.41, 5.74) is 0.669. The van der Waals surface area contributed by atoms with E-state index in [-0.39, 0.29) is 5.97 Å². The van der Waals surface area contributed by atoms with Crippen molar-refractivity contribution in [2.24, 2.45) is 0 Å². The Bertz CT molecular complexity index is 161. The number of carbonyl (C=O) groups is 1. The van der Waals surface area contributed by atoms with E-state index in [0.717, 1.165) is 0 Å². The van der Waals surface area contributed by atoms with E-state index in [4.69, 9.17) is 9.84 Å². The molecule has 70 valence electrons. The Hall–Kier alpha value is -0.830. The Morgan fingerprint density at radius 3 is 2.58 bits per heavy atom. The first-order valence-electron chi connectivity index (χ1n) is 4.09. The molecule has 0 fully saturated rings. The monoisotopic (exact) mass is 172 g/mol. The van der Waals surface area contributed by atoms with Crippen LogP contribution in [-0.4, -0.2) is 23.8 Å². The van der Waals surface area contributed by atoms with Crippen molar-refractivity contribution in [3.8, 4) is 0 Å². The van der Waals surface area contributed by atoms with Gasteiger partial charge in [-0.2, -0.15) is 0 Å². The van der Waals surface area contributed by atoms with E-state index in [0.29, 0.717) is 25.0 Å². The second kappa shape index (κ2) is 5.77. The molecule has 1 atom stereocenters. The standard InChI is InChI=1S/C9H16O3/c1-4-12-9(11)6-5-7(2)8(3)10/h8,10H,2,4-6H2,1,3H3. The molecular weight excluding hydrogens is 156 g/mol. The highest BCUT2D eigenvalue weighted by molar-refractivity contribution is 5.69. The number of carbonyl (C=O) groups excluding carboxylic acids is 1. The van der Waals surface area contributed by atoms with Gasteiger partial charge in [0.1, 0.15) is 0 Å². The molecule has 12 heavy (non-hydrogen) atoms. The fourth-order valence-corrected chi connectivity index (χ4v) is 0.705. The number of aliphatic hydroxyl groups is 1. The van der Waals surface area contributed by atoms with E-state index in [1.54, 1.807) is 13.8 Å². The van der Waals surface area contributed by atoms with E-state index in [1.165, 1.54) is 0 Å². The minimum atomic E-state index is -0.542. The van der Waals surface area contributed by atoms with Crippen LogP contribution in [0.15, 0.2) is 12.2 Å². The number of hydrogen-bond donors (Lipinski definition) is 1. The molecule has 0 aliphatic carbocycles. The summed E-state index contributed by atoms with van der Waals surface area (Å²) in [4.78, 5) is 10.8. The Morgan fingerprint density at radius 1 is 1.58 bits per heavy atom. The zero-order valence-corrected chi connectivity index (χ0v) is 7.67. The van der Waals surface area contributed by atoms with Gasteiger partial charge < -0.3 is 9.84 Å². The molecule has 0 rings (SSSR count). The normalized spacial score (nSPS) is 12.2. The molecule has 1 N–H and O–H groups in total. The zero-order valence-electron chi connectivity index (χ0n) is 7.67. The highest BCUT2D eigenvalue weighted by Gasteiger charge is 2.06. The fourth-order valence-electron chi connectivity index (χ4n) is 0.705. The highest BCUT2D eigenvalue weighted by atomic mass is 16.5. The smallest absolute Gasteiger partial charge is 0.306 e. The first-order valence-corrected chi connectivity index (χ1v) is 4.09. The van der Waals surface area contributed by atoms with Crippen LogP contribution in [0.4, 0.5) is 0 Å². The molecule has 0 aliphatic rings. The van der Waals surface area contributed by atoms with Gasteiger partial charge in [0.25, 0.3) is 0 Å². The third-order valence-corrected chi connectivity index (χ3v) is 1.55. The number of hydrogen-bond acceptors (Lipinski definition) is 3. The van der Waals surface area contributed by atoms with Crippen molar-refractivity contribution in [2.75, 3.05) is 6.61 Å². The average Bonchev–Trinajstić information content (AvgIpc) is 2.00. The van der Waals surface area contributed by atoms with Crippen molar-refractivity contribution in [3.05, 3.63) is 12.2 Å². The largest absolute Gasteiger partial charge is 0.466 e. The van der Waals surface area contributed by atoms with Crippen molar-refractivity contribution < 1.29 is 14.6 Å². The molecule has 3 nitrogen and oxygen atoms in total. The van der Waals surface area contributed by atoms with Crippen LogP contribution in [0.3, 0.4) is 0 Å². The first-order chi connectivity index (χ1) is 5.57. The van der Waals surface area contributed by atoms with Crippen molar-refractivity contribution >= 4 is 5.97 Å². The van der Waals surface area contributed by atoms with Gasteiger partial charge in [0.2, 0.25) is 0 Å². The first kappa shape index (κ1) is 11.2. The summed E-state index contributed by atoms with van der Waals surface area (Å²) in [5.74, 6) is -0.237. The quantitative estimate of drug-likeness (QED) is 0.501. The number of aliphatic hydroxyl groups excluding tert-OH is 1. The lowest BCUT2D eigenvalue weighted by molar-refractivity contribution is -0.143. The minimum Gasteiger partial charge on any atom is -0.466 e. The van der Waals surface area contributed by atoms with Crippen LogP contribution in [0.5, 0.6) is 0 Å². The van der Waals surface area contributed by atoms with Gasteiger partial charge in [-0.1, -0.05) is 6.58 Å². The van der Waals surface area contributed by atoms with E-state index in [2.05, 4.69) is 6.58 Å². The van der Waals surface area contributed by atoms with Crippen LogP contribution in [-0.2, 0) is 9.53 Å². The number of ether oxygens (including phenoxy) is 1. The maximum atomic E-state index is 10.8. The molecule has 0 saturated carbocycles. The Morgan fingerprint density at radius 2 is 2.17 bits per heavy atom. The van der Waals surface area contributed by atoms with Gasteiger partial charge in [0.05, 0.1) is 12.7 Å². The van der Waals surface area contributed by atoms with Crippen molar-refractivity contribution in [3.63, 3.8) is 0 Å².